The first kappa shape index (κ1) is 16.3. The van der Waals surface area contributed by atoms with Crippen molar-refractivity contribution in [2.75, 3.05) is 32.7 Å². The molecular formula is C16H23F3N2. The van der Waals surface area contributed by atoms with Gasteiger partial charge in [-0.15, -0.1) is 0 Å². The zero-order valence-corrected chi connectivity index (χ0v) is 12.2. The van der Waals surface area contributed by atoms with Crippen molar-refractivity contribution in [2.45, 2.75) is 25.4 Å². The molecule has 1 aromatic carbocycles. The fourth-order valence-corrected chi connectivity index (χ4v) is 2.83. The van der Waals surface area contributed by atoms with Crippen molar-refractivity contribution in [3.63, 3.8) is 0 Å². The first-order chi connectivity index (χ1) is 10.0. The fraction of sp³-hybridized carbons (Fsp3) is 0.625. The standard InChI is InChI=1S/C16H23F3N2/c17-16(18,19)13-20-8-11-21-9-6-15(7-10-21)12-14-4-2-1-3-5-14/h1-5,15,20H,6-13H2. The molecule has 0 atom stereocenters. The highest BCUT2D eigenvalue weighted by molar-refractivity contribution is 5.15. The van der Waals surface area contributed by atoms with Crippen molar-refractivity contribution < 1.29 is 13.2 Å². The Morgan fingerprint density at radius 3 is 2.38 bits per heavy atom. The van der Waals surface area contributed by atoms with Gasteiger partial charge in [-0.25, -0.2) is 0 Å². The van der Waals surface area contributed by atoms with E-state index in [1.807, 2.05) is 6.07 Å². The Kier molecular flexibility index (Phi) is 6.06. The van der Waals surface area contributed by atoms with Crippen molar-refractivity contribution in [1.29, 1.82) is 0 Å². The van der Waals surface area contributed by atoms with Crippen LogP contribution in [0, 0.1) is 5.92 Å². The topological polar surface area (TPSA) is 15.3 Å². The summed E-state index contributed by atoms with van der Waals surface area (Å²) in [6.07, 6.45) is -0.730. The predicted molar refractivity (Wildman–Crippen MR) is 78.2 cm³/mol. The number of nitrogens with one attached hydrogen (secondary N) is 1. The molecule has 2 rings (SSSR count). The molecule has 0 aromatic heterocycles. The average Bonchev–Trinajstić information content (AvgIpc) is 2.45. The van der Waals surface area contributed by atoms with E-state index in [4.69, 9.17) is 0 Å². The van der Waals surface area contributed by atoms with Crippen molar-refractivity contribution in [3.05, 3.63) is 35.9 Å². The normalized spacial score (nSPS) is 18.0. The lowest BCUT2D eigenvalue weighted by Gasteiger charge is -2.32. The molecule has 2 nitrogen and oxygen atoms in total. The van der Waals surface area contributed by atoms with Crippen LogP contribution in [0.25, 0.3) is 0 Å². The number of hydrogen-bond acceptors (Lipinski definition) is 2. The number of likely N-dealkylation sites (tertiary alicyclic amines) is 1. The molecule has 0 aliphatic carbocycles. The van der Waals surface area contributed by atoms with Crippen molar-refractivity contribution >= 4 is 0 Å². The maximum Gasteiger partial charge on any atom is 0.401 e. The Balaban J connectivity index is 1.60. The molecule has 0 amide bonds. The molecule has 0 saturated carbocycles. The fourth-order valence-electron chi connectivity index (χ4n) is 2.83. The summed E-state index contributed by atoms with van der Waals surface area (Å²) in [5.74, 6) is 0.701. The van der Waals surface area contributed by atoms with Gasteiger partial charge in [-0.2, -0.15) is 13.2 Å². The van der Waals surface area contributed by atoms with Crippen molar-refractivity contribution in [2.24, 2.45) is 5.92 Å². The van der Waals surface area contributed by atoms with Gasteiger partial charge in [0.2, 0.25) is 0 Å². The van der Waals surface area contributed by atoms with E-state index >= 15 is 0 Å². The first-order valence-corrected chi connectivity index (χ1v) is 7.57. The van der Waals surface area contributed by atoms with Gasteiger partial charge >= 0.3 is 6.18 Å². The Morgan fingerprint density at radius 2 is 1.76 bits per heavy atom. The molecule has 0 radical (unpaired) electrons. The number of alkyl halides is 3. The zero-order valence-electron chi connectivity index (χ0n) is 12.2. The lowest BCUT2D eigenvalue weighted by atomic mass is 9.90. The number of halogens is 3. The van der Waals surface area contributed by atoms with E-state index in [1.165, 1.54) is 5.56 Å². The third-order valence-corrected chi connectivity index (χ3v) is 4.00. The van der Waals surface area contributed by atoms with E-state index < -0.39 is 12.7 Å². The largest absolute Gasteiger partial charge is 0.401 e. The van der Waals surface area contributed by atoms with Gasteiger partial charge in [0.15, 0.2) is 0 Å². The minimum absolute atomic E-state index is 0.406. The van der Waals surface area contributed by atoms with Gasteiger partial charge in [-0.1, -0.05) is 30.3 Å². The summed E-state index contributed by atoms with van der Waals surface area (Å²) in [5, 5.41) is 2.46. The quantitative estimate of drug-likeness (QED) is 0.812. The summed E-state index contributed by atoms with van der Waals surface area (Å²) in [6.45, 7) is 2.20. The molecule has 1 aromatic rings. The number of benzene rings is 1. The van der Waals surface area contributed by atoms with E-state index in [-0.39, 0.29) is 0 Å². The summed E-state index contributed by atoms with van der Waals surface area (Å²) >= 11 is 0. The molecule has 118 valence electrons. The first-order valence-electron chi connectivity index (χ1n) is 7.57. The highest BCUT2D eigenvalue weighted by Crippen LogP contribution is 2.21. The number of hydrogen-bond donors (Lipinski definition) is 1. The van der Waals surface area contributed by atoms with Crippen molar-refractivity contribution in [1.82, 2.24) is 10.2 Å². The van der Waals surface area contributed by atoms with Crippen LogP contribution in [0.5, 0.6) is 0 Å². The molecule has 1 aliphatic rings. The maximum absolute atomic E-state index is 12.0. The van der Waals surface area contributed by atoms with Crippen LogP contribution in [-0.4, -0.2) is 43.8 Å². The van der Waals surface area contributed by atoms with Gasteiger partial charge in [-0.3, -0.25) is 0 Å². The molecule has 1 aliphatic heterocycles. The summed E-state index contributed by atoms with van der Waals surface area (Å²) in [6, 6.07) is 10.5. The highest BCUT2D eigenvalue weighted by Gasteiger charge is 2.26. The van der Waals surface area contributed by atoms with Crippen LogP contribution < -0.4 is 5.32 Å². The Morgan fingerprint density at radius 1 is 1.10 bits per heavy atom. The van der Waals surface area contributed by atoms with Crippen LogP contribution in [0.1, 0.15) is 18.4 Å². The molecule has 1 heterocycles. The minimum Gasteiger partial charge on any atom is -0.307 e. The Labute approximate surface area is 124 Å². The molecule has 1 saturated heterocycles. The van der Waals surface area contributed by atoms with Crippen LogP contribution in [0.4, 0.5) is 13.2 Å². The van der Waals surface area contributed by atoms with Crippen LogP contribution in [-0.2, 0) is 6.42 Å². The van der Waals surface area contributed by atoms with E-state index in [9.17, 15) is 13.2 Å². The molecule has 0 spiro atoms. The lowest BCUT2D eigenvalue weighted by molar-refractivity contribution is -0.124. The van der Waals surface area contributed by atoms with Gasteiger partial charge in [0.25, 0.3) is 0 Å². The maximum atomic E-state index is 12.0. The van der Waals surface area contributed by atoms with Gasteiger partial charge in [0.05, 0.1) is 6.54 Å². The second-order valence-corrected chi connectivity index (χ2v) is 5.77. The SMILES string of the molecule is FC(F)(F)CNCCN1CCC(Cc2ccccc2)CC1. The van der Waals surface area contributed by atoms with E-state index in [0.29, 0.717) is 19.0 Å². The molecule has 5 heteroatoms. The van der Waals surface area contributed by atoms with Gasteiger partial charge < -0.3 is 10.2 Å². The molecular weight excluding hydrogens is 277 g/mol. The van der Waals surface area contributed by atoms with Crippen molar-refractivity contribution in [3.8, 4) is 0 Å². The highest BCUT2D eigenvalue weighted by atomic mass is 19.4. The molecule has 0 bridgehead atoms. The summed E-state index contributed by atoms with van der Waals surface area (Å²) in [7, 11) is 0. The Bertz CT molecular complexity index is 398. The summed E-state index contributed by atoms with van der Waals surface area (Å²) in [5.41, 5.74) is 1.38. The molecule has 1 N–H and O–H groups in total. The second-order valence-electron chi connectivity index (χ2n) is 5.77. The summed E-state index contributed by atoms with van der Waals surface area (Å²) < 4.78 is 36.0. The van der Waals surface area contributed by atoms with Gasteiger partial charge in [0.1, 0.15) is 0 Å². The van der Waals surface area contributed by atoms with E-state index in [1.54, 1.807) is 0 Å². The van der Waals surface area contributed by atoms with Crippen LogP contribution in [0.2, 0.25) is 0 Å². The monoisotopic (exact) mass is 300 g/mol. The van der Waals surface area contributed by atoms with E-state index in [0.717, 1.165) is 32.4 Å². The lowest BCUT2D eigenvalue weighted by Crippen LogP contribution is -2.40. The Hall–Kier alpha value is -1.07. The molecule has 1 fully saturated rings. The van der Waals surface area contributed by atoms with Crippen LogP contribution >= 0.6 is 0 Å². The van der Waals surface area contributed by atoms with Crippen LogP contribution in [0.15, 0.2) is 30.3 Å². The minimum atomic E-state index is -4.11. The van der Waals surface area contributed by atoms with Gasteiger partial charge in [-0.05, 0) is 43.8 Å². The molecule has 0 unspecified atom stereocenters. The average molecular weight is 300 g/mol. The van der Waals surface area contributed by atoms with Gasteiger partial charge in [0, 0.05) is 13.1 Å². The van der Waals surface area contributed by atoms with E-state index in [2.05, 4.69) is 34.5 Å². The third-order valence-electron chi connectivity index (χ3n) is 4.00. The summed E-state index contributed by atoms with van der Waals surface area (Å²) in [4.78, 5) is 2.25. The van der Waals surface area contributed by atoms with Crippen LogP contribution in [0.3, 0.4) is 0 Å². The zero-order chi connectivity index (χ0) is 15.1. The number of piperidine rings is 1. The smallest absolute Gasteiger partial charge is 0.307 e. The third kappa shape index (κ3) is 6.48. The number of nitrogens with zero attached hydrogens (tertiary/aromatic N) is 1. The molecule has 21 heavy (non-hydrogen) atoms. The second kappa shape index (κ2) is 7.80. The predicted octanol–water partition coefficient (Wildman–Crippen LogP) is 3.09. The number of rotatable bonds is 6.